The monoisotopic (exact) mass is 261 g/mol. The smallest absolute Gasteiger partial charge is 0.305 e. The van der Waals surface area contributed by atoms with E-state index in [0.717, 1.165) is 38.9 Å². The summed E-state index contributed by atoms with van der Waals surface area (Å²) in [7, 11) is 0. The van der Waals surface area contributed by atoms with Crippen LogP contribution in [0, 0.1) is 0 Å². The van der Waals surface area contributed by atoms with Crippen molar-refractivity contribution in [2.45, 2.75) is 39.2 Å². The van der Waals surface area contributed by atoms with E-state index in [2.05, 4.69) is 29.2 Å². The van der Waals surface area contributed by atoms with Gasteiger partial charge in [-0.05, 0) is 43.9 Å². The lowest BCUT2D eigenvalue weighted by Crippen LogP contribution is -2.31. The van der Waals surface area contributed by atoms with Crippen molar-refractivity contribution in [2.75, 3.05) is 19.7 Å². The van der Waals surface area contributed by atoms with Crippen LogP contribution >= 0.6 is 0 Å². The number of nitrogens with zero attached hydrogens (tertiary/aromatic N) is 1. The fourth-order valence-electron chi connectivity index (χ4n) is 2.58. The van der Waals surface area contributed by atoms with Gasteiger partial charge in [0.05, 0.1) is 6.61 Å². The topological polar surface area (TPSA) is 29.5 Å². The number of carbonyl (C=O) groups is 1. The zero-order valence-corrected chi connectivity index (χ0v) is 11.7. The summed E-state index contributed by atoms with van der Waals surface area (Å²) in [5.41, 5.74) is 2.95. The normalized spacial score (nSPS) is 15.0. The molecule has 0 atom stereocenters. The second-order valence-corrected chi connectivity index (χ2v) is 5.06. The lowest BCUT2D eigenvalue weighted by Gasteiger charge is -2.28. The average Bonchev–Trinajstić information content (AvgIpc) is 2.44. The highest BCUT2D eigenvalue weighted by atomic mass is 16.5. The predicted molar refractivity (Wildman–Crippen MR) is 75.9 cm³/mol. The number of benzene rings is 1. The van der Waals surface area contributed by atoms with Gasteiger partial charge < -0.3 is 4.74 Å². The third-order valence-electron chi connectivity index (χ3n) is 3.62. The van der Waals surface area contributed by atoms with E-state index in [0.29, 0.717) is 13.0 Å². The van der Waals surface area contributed by atoms with Gasteiger partial charge in [-0.25, -0.2) is 0 Å². The van der Waals surface area contributed by atoms with Crippen molar-refractivity contribution in [3.63, 3.8) is 0 Å². The highest BCUT2D eigenvalue weighted by Gasteiger charge is 2.14. The molecule has 104 valence electrons. The largest absolute Gasteiger partial charge is 0.466 e. The fourth-order valence-corrected chi connectivity index (χ4v) is 2.58. The molecule has 3 heteroatoms. The Morgan fingerprint density at radius 3 is 2.84 bits per heavy atom. The van der Waals surface area contributed by atoms with Gasteiger partial charge in [-0.2, -0.15) is 0 Å². The molecule has 2 rings (SSSR count). The summed E-state index contributed by atoms with van der Waals surface area (Å²) in [6.07, 6.45) is 3.70. The molecule has 1 aliphatic heterocycles. The molecule has 0 radical (unpaired) electrons. The summed E-state index contributed by atoms with van der Waals surface area (Å²) in [6, 6.07) is 8.68. The minimum atomic E-state index is -0.0634. The van der Waals surface area contributed by atoms with Crippen LogP contribution in [0.1, 0.15) is 37.3 Å². The molecule has 19 heavy (non-hydrogen) atoms. The summed E-state index contributed by atoms with van der Waals surface area (Å²) in [6.45, 7) is 5.60. The number of fused-ring (bicyclic) bond motifs is 1. The van der Waals surface area contributed by atoms with Crippen LogP contribution in [-0.2, 0) is 22.5 Å². The lowest BCUT2D eigenvalue weighted by molar-refractivity contribution is -0.143. The van der Waals surface area contributed by atoms with E-state index in [-0.39, 0.29) is 5.97 Å². The Morgan fingerprint density at radius 2 is 2.05 bits per heavy atom. The van der Waals surface area contributed by atoms with Crippen molar-refractivity contribution in [1.29, 1.82) is 0 Å². The van der Waals surface area contributed by atoms with Crippen LogP contribution in [0.3, 0.4) is 0 Å². The Labute approximate surface area is 115 Å². The van der Waals surface area contributed by atoms with Crippen molar-refractivity contribution in [1.82, 2.24) is 4.90 Å². The summed E-state index contributed by atoms with van der Waals surface area (Å²) < 4.78 is 4.93. The van der Waals surface area contributed by atoms with Crippen molar-refractivity contribution < 1.29 is 9.53 Å². The summed E-state index contributed by atoms with van der Waals surface area (Å²) in [4.78, 5) is 13.7. The van der Waals surface area contributed by atoms with Crippen LogP contribution in [0.4, 0.5) is 0 Å². The van der Waals surface area contributed by atoms with E-state index in [1.165, 1.54) is 11.1 Å². The quantitative estimate of drug-likeness (QED) is 0.582. The zero-order chi connectivity index (χ0) is 13.5. The number of unbranched alkanes of at least 4 members (excludes halogenated alkanes) is 1. The standard InChI is InChI=1S/C16H23NO2/c1-2-19-16(18)9-5-6-11-17-12-10-14-7-3-4-8-15(14)13-17/h3-4,7-8H,2,5-6,9-13H2,1H3. The van der Waals surface area contributed by atoms with Gasteiger partial charge in [0.25, 0.3) is 0 Å². The van der Waals surface area contributed by atoms with E-state index in [1.54, 1.807) is 0 Å². The van der Waals surface area contributed by atoms with Crippen LogP contribution in [0.25, 0.3) is 0 Å². The first kappa shape index (κ1) is 14.1. The van der Waals surface area contributed by atoms with Gasteiger partial charge in [-0.3, -0.25) is 9.69 Å². The molecule has 0 amide bonds. The van der Waals surface area contributed by atoms with E-state index in [9.17, 15) is 4.79 Å². The fraction of sp³-hybridized carbons (Fsp3) is 0.562. The number of hydrogen-bond donors (Lipinski definition) is 0. The van der Waals surface area contributed by atoms with Crippen LogP contribution in [0.2, 0.25) is 0 Å². The Hall–Kier alpha value is -1.35. The van der Waals surface area contributed by atoms with Gasteiger partial charge in [0.2, 0.25) is 0 Å². The number of carbonyl (C=O) groups excluding carboxylic acids is 1. The average molecular weight is 261 g/mol. The maximum atomic E-state index is 11.2. The minimum absolute atomic E-state index is 0.0634. The van der Waals surface area contributed by atoms with Crippen molar-refractivity contribution in [2.24, 2.45) is 0 Å². The molecule has 3 nitrogen and oxygen atoms in total. The number of hydrogen-bond acceptors (Lipinski definition) is 3. The Morgan fingerprint density at radius 1 is 1.26 bits per heavy atom. The van der Waals surface area contributed by atoms with E-state index >= 15 is 0 Å². The lowest BCUT2D eigenvalue weighted by atomic mass is 10.00. The molecule has 0 fully saturated rings. The third kappa shape index (κ3) is 4.35. The number of rotatable bonds is 6. The maximum absolute atomic E-state index is 11.2. The molecule has 0 spiro atoms. The van der Waals surface area contributed by atoms with Crippen LogP contribution in [0.15, 0.2) is 24.3 Å². The van der Waals surface area contributed by atoms with Gasteiger partial charge in [-0.15, -0.1) is 0 Å². The summed E-state index contributed by atoms with van der Waals surface area (Å²) >= 11 is 0. The molecular weight excluding hydrogens is 238 g/mol. The zero-order valence-electron chi connectivity index (χ0n) is 11.7. The summed E-state index contributed by atoms with van der Waals surface area (Å²) in [5, 5.41) is 0. The van der Waals surface area contributed by atoms with Crippen LogP contribution in [-0.4, -0.2) is 30.6 Å². The Bertz CT molecular complexity index is 417. The SMILES string of the molecule is CCOC(=O)CCCCN1CCc2ccccc2C1. The molecule has 1 aromatic rings. The van der Waals surface area contributed by atoms with Crippen molar-refractivity contribution >= 4 is 5.97 Å². The molecule has 1 aliphatic rings. The van der Waals surface area contributed by atoms with E-state index < -0.39 is 0 Å². The van der Waals surface area contributed by atoms with E-state index in [1.807, 2.05) is 6.92 Å². The molecule has 0 bridgehead atoms. The summed E-state index contributed by atoms with van der Waals surface area (Å²) in [5.74, 6) is -0.0634. The molecule has 0 unspecified atom stereocenters. The second kappa shape index (κ2) is 7.29. The van der Waals surface area contributed by atoms with E-state index in [4.69, 9.17) is 4.74 Å². The molecule has 1 heterocycles. The first-order valence-electron chi connectivity index (χ1n) is 7.24. The predicted octanol–water partition coefficient (Wildman–Crippen LogP) is 2.78. The van der Waals surface area contributed by atoms with Gasteiger partial charge >= 0.3 is 5.97 Å². The second-order valence-electron chi connectivity index (χ2n) is 5.06. The maximum Gasteiger partial charge on any atom is 0.305 e. The number of ether oxygens (including phenoxy) is 1. The molecule has 0 saturated carbocycles. The molecule has 0 aliphatic carbocycles. The van der Waals surface area contributed by atoms with Gasteiger partial charge in [0, 0.05) is 19.5 Å². The van der Waals surface area contributed by atoms with Gasteiger partial charge in [0.15, 0.2) is 0 Å². The first-order chi connectivity index (χ1) is 9.29. The molecule has 0 N–H and O–H groups in total. The van der Waals surface area contributed by atoms with Gasteiger partial charge in [-0.1, -0.05) is 24.3 Å². The first-order valence-corrected chi connectivity index (χ1v) is 7.24. The minimum Gasteiger partial charge on any atom is -0.466 e. The molecule has 1 aromatic carbocycles. The Kier molecular flexibility index (Phi) is 5.40. The molecule has 0 aromatic heterocycles. The van der Waals surface area contributed by atoms with Crippen molar-refractivity contribution in [3.05, 3.63) is 35.4 Å². The highest BCUT2D eigenvalue weighted by molar-refractivity contribution is 5.69. The van der Waals surface area contributed by atoms with Crippen LogP contribution in [0.5, 0.6) is 0 Å². The van der Waals surface area contributed by atoms with Gasteiger partial charge in [0.1, 0.15) is 0 Å². The third-order valence-corrected chi connectivity index (χ3v) is 3.62. The molecule has 0 saturated heterocycles. The van der Waals surface area contributed by atoms with Crippen molar-refractivity contribution in [3.8, 4) is 0 Å². The number of esters is 1. The van der Waals surface area contributed by atoms with Crippen LogP contribution < -0.4 is 0 Å². The highest BCUT2D eigenvalue weighted by Crippen LogP contribution is 2.18. The Balaban J connectivity index is 1.67. The molecular formula is C16H23NO2.